The highest BCUT2D eigenvalue weighted by Gasteiger charge is 2.16. The van der Waals surface area contributed by atoms with Crippen LogP contribution in [0.15, 0.2) is 60.7 Å². The predicted molar refractivity (Wildman–Crippen MR) is 115 cm³/mol. The first-order valence-corrected chi connectivity index (χ1v) is 10.1. The summed E-state index contributed by atoms with van der Waals surface area (Å²) in [6, 6.07) is 18.7. The third-order valence-corrected chi connectivity index (χ3v) is 5.65. The SMILES string of the molecule is NC(=O)c1[nH]c2ccccc2c1CCCCN1CC=C(c2ccccc2)CC1. The molecule has 3 aromatic rings. The van der Waals surface area contributed by atoms with Crippen LogP contribution in [0.25, 0.3) is 16.5 Å². The summed E-state index contributed by atoms with van der Waals surface area (Å²) >= 11 is 0. The molecule has 0 fully saturated rings. The Labute approximate surface area is 166 Å². The van der Waals surface area contributed by atoms with Crippen molar-refractivity contribution in [2.24, 2.45) is 5.73 Å². The fourth-order valence-electron chi connectivity index (χ4n) is 4.14. The molecule has 0 bridgehead atoms. The maximum atomic E-state index is 11.8. The van der Waals surface area contributed by atoms with Crippen LogP contribution < -0.4 is 5.73 Å². The number of hydrogen-bond acceptors (Lipinski definition) is 2. The van der Waals surface area contributed by atoms with Crippen molar-refractivity contribution >= 4 is 22.4 Å². The summed E-state index contributed by atoms with van der Waals surface area (Å²) in [5, 5.41) is 1.12. The van der Waals surface area contributed by atoms with Gasteiger partial charge in [-0.2, -0.15) is 0 Å². The molecular weight excluding hydrogens is 346 g/mol. The van der Waals surface area contributed by atoms with Crippen LogP contribution in [0.5, 0.6) is 0 Å². The van der Waals surface area contributed by atoms with Crippen LogP contribution in [-0.2, 0) is 6.42 Å². The molecule has 2 aromatic carbocycles. The number of unbranched alkanes of at least 4 members (excludes halogenated alkanes) is 1. The second kappa shape index (κ2) is 8.44. The second-order valence-electron chi connectivity index (χ2n) is 7.49. The first kappa shape index (κ1) is 18.5. The van der Waals surface area contributed by atoms with Crippen LogP contribution in [0, 0.1) is 0 Å². The molecular formula is C24H27N3O. The number of carbonyl (C=O) groups is 1. The summed E-state index contributed by atoms with van der Waals surface area (Å²) in [5.74, 6) is -0.374. The monoisotopic (exact) mass is 373 g/mol. The Balaban J connectivity index is 1.31. The number of aromatic nitrogens is 1. The molecule has 4 rings (SSSR count). The van der Waals surface area contributed by atoms with Gasteiger partial charge in [0, 0.05) is 24.0 Å². The third-order valence-electron chi connectivity index (χ3n) is 5.65. The molecule has 4 heteroatoms. The van der Waals surface area contributed by atoms with Crippen molar-refractivity contribution in [1.29, 1.82) is 0 Å². The highest BCUT2D eigenvalue weighted by atomic mass is 16.1. The van der Waals surface area contributed by atoms with E-state index in [1.807, 2.05) is 18.2 Å². The maximum absolute atomic E-state index is 11.8. The lowest BCUT2D eigenvalue weighted by molar-refractivity contribution is 0.0995. The van der Waals surface area contributed by atoms with Crippen LogP contribution in [0.2, 0.25) is 0 Å². The minimum Gasteiger partial charge on any atom is -0.364 e. The molecule has 144 valence electrons. The van der Waals surface area contributed by atoms with Crippen LogP contribution >= 0.6 is 0 Å². The van der Waals surface area contributed by atoms with Gasteiger partial charge < -0.3 is 10.7 Å². The van der Waals surface area contributed by atoms with Gasteiger partial charge in [0.2, 0.25) is 0 Å². The average molecular weight is 374 g/mol. The van der Waals surface area contributed by atoms with E-state index in [1.165, 1.54) is 11.1 Å². The van der Waals surface area contributed by atoms with Crippen LogP contribution in [-0.4, -0.2) is 35.4 Å². The molecule has 0 saturated heterocycles. The van der Waals surface area contributed by atoms with E-state index in [4.69, 9.17) is 5.73 Å². The Bertz CT molecular complexity index is 988. The number of primary amides is 1. The summed E-state index contributed by atoms with van der Waals surface area (Å²) in [6.45, 7) is 3.22. The Kier molecular flexibility index (Phi) is 5.58. The van der Waals surface area contributed by atoms with Gasteiger partial charge in [-0.1, -0.05) is 54.6 Å². The number of benzene rings is 2. The van der Waals surface area contributed by atoms with E-state index in [0.29, 0.717) is 5.69 Å². The molecule has 0 unspecified atom stereocenters. The third kappa shape index (κ3) is 4.02. The molecule has 4 nitrogen and oxygen atoms in total. The van der Waals surface area contributed by atoms with Gasteiger partial charge in [-0.05, 0) is 55.0 Å². The standard InChI is InChI=1S/C24H27N3O/c25-24(28)23-21(20-10-4-5-12-22(20)26-23)11-6-7-15-27-16-13-19(14-17-27)18-8-2-1-3-9-18/h1-5,8-10,12-13,26H,6-7,11,14-17H2,(H2,25,28). The normalized spacial score (nSPS) is 14.9. The molecule has 1 aromatic heterocycles. The molecule has 0 spiro atoms. The first-order valence-electron chi connectivity index (χ1n) is 10.1. The van der Waals surface area contributed by atoms with Crippen molar-refractivity contribution in [3.8, 4) is 0 Å². The van der Waals surface area contributed by atoms with Gasteiger partial charge in [0.25, 0.3) is 5.91 Å². The number of hydrogen-bond donors (Lipinski definition) is 2. The van der Waals surface area contributed by atoms with E-state index in [9.17, 15) is 4.79 Å². The van der Waals surface area contributed by atoms with Crippen molar-refractivity contribution in [3.05, 3.63) is 77.5 Å². The number of aromatic amines is 1. The number of H-pyrrole nitrogens is 1. The summed E-state index contributed by atoms with van der Waals surface area (Å²) in [5.41, 5.74) is 11.0. The average Bonchev–Trinajstić information content (AvgIpc) is 3.11. The number of nitrogens with one attached hydrogen (secondary N) is 1. The van der Waals surface area contributed by atoms with E-state index >= 15 is 0 Å². The second-order valence-corrected chi connectivity index (χ2v) is 7.49. The number of para-hydroxylation sites is 1. The molecule has 1 aliphatic rings. The topological polar surface area (TPSA) is 62.1 Å². The van der Waals surface area contributed by atoms with Gasteiger partial charge in [-0.25, -0.2) is 0 Å². The van der Waals surface area contributed by atoms with Gasteiger partial charge >= 0.3 is 0 Å². The van der Waals surface area contributed by atoms with Gasteiger partial charge in [-0.3, -0.25) is 9.69 Å². The Morgan fingerprint density at radius 2 is 1.82 bits per heavy atom. The fourth-order valence-corrected chi connectivity index (χ4v) is 4.14. The molecule has 0 aliphatic carbocycles. The van der Waals surface area contributed by atoms with E-state index in [-0.39, 0.29) is 5.91 Å². The molecule has 0 radical (unpaired) electrons. The van der Waals surface area contributed by atoms with Crippen LogP contribution in [0.4, 0.5) is 0 Å². The van der Waals surface area contributed by atoms with Gasteiger partial charge in [0.05, 0.1) is 0 Å². The zero-order chi connectivity index (χ0) is 19.3. The lowest BCUT2D eigenvalue weighted by Gasteiger charge is -2.26. The summed E-state index contributed by atoms with van der Waals surface area (Å²) in [4.78, 5) is 17.5. The Morgan fingerprint density at radius 1 is 1.04 bits per heavy atom. The quantitative estimate of drug-likeness (QED) is 0.604. The van der Waals surface area contributed by atoms with Gasteiger partial charge in [0.1, 0.15) is 5.69 Å². The number of fused-ring (bicyclic) bond motifs is 1. The van der Waals surface area contributed by atoms with E-state index in [2.05, 4.69) is 52.4 Å². The van der Waals surface area contributed by atoms with E-state index in [1.54, 1.807) is 0 Å². The van der Waals surface area contributed by atoms with E-state index in [0.717, 1.165) is 61.8 Å². The predicted octanol–water partition coefficient (Wildman–Crippen LogP) is 4.38. The van der Waals surface area contributed by atoms with Crippen LogP contribution in [0.1, 0.15) is 40.9 Å². The lowest BCUT2D eigenvalue weighted by atomic mass is 9.99. The summed E-state index contributed by atoms with van der Waals surface area (Å²) in [6.07, 6.45) is 6.52. The molecule has 0 saturated carbocycles. The molecule has 2 heterocycles. The summed E-state index contributed by atoms with van der Waals surface area (Å²) < 4.78 is 0. The molecule has 0 atom stereocenters. The Morgan fingerprint density at radius 3 is 2.57 bits per heavy atom. The molecule has 1 amide bonds. The van der Waals surface area contributed by atoms with Gasteiger partial charge in [-0.15, -0.1) is 0 Å². The minimum atomic E-state index is -0.374. The number of carbonyl (C=O) groups excluding carboxylic acids is 1. The largest absolute Gasteiger partial charge is 0.364 e. The zero-order valence-corrected chi connectivity index (χ0v) is 16.2. The lowest BCUT2D eigenvalue weighted by Crippen LogP contribution is -2.29. The zero-order valence-electron chi connectivity index (χ0n) is 16.2. The molecule has 28 heavy (non-hydrogen) atoms. The first-order chi connectivity index (χ1) is 13.7. The van der Waals surface area contributed by atoms with Crippen molar-refractivity contribution < 1.29 is 4.79 Å². The fraction of sp³-hybridized carbons (Fsp3) is 0.292. The number of aryl methyl sites for hydroxylation is 1. The van der Waals surface area contributed by atoms with Crippen LogP contribution in [0.3, 0.4) is 0 Å². The van der Waals surface area contributed by atoms with Gasteiger partial charge in [0.15, 0.2) is 0 Å². The van der Waals surface area contributed by atoms with Crippen molar-refractivity contribution in [2.75, 3.05) is 19.6 Å². The number of rotatable bonds is 7. The van der Waals surface area contributed by atoms with Crippen molar-refractivity contribution in [3.63, 3.8) is 0 Å². The van der Waals surface area contributed by atoms with Crippen molar-refractivity contribution in [2.45, 2.75) is 25.7 Å². The van der Waals surface area contributed by atoms with Crippen molar-refractivity contribution in [1.82, 2.24) is 9.88 Å². The number of amides is 1. The number of nitrogens with zero attached hydrogens (tertiary/aromatic N) is 1. The minimum absolute atomic E-state index is 0.374. The summed E-state index contributed by atoms with van der Waals surface area (Å²) in [7, 11) is 0. The highest BCUT2D eigenvalue weighted by molar-refractivity contribution is 6.00. The molecule has 1 aliphatic heterocycles. The smallest absolute Gasteiger partial charge is 0.265 e. The molecule has 3 N–H and O–H groups in total. The highest BCUT2D eigenvalue weighted by Crippen LogP contribution is 2.25. The Hall–Kier alpha value is -2.85. The van der Waals surface area contributed by atoms with E-state index < -0.39 is 0 Å². The number of nitrogens with two attached hydrogens (primary N) is 1. The maximum Gasteiger partial charge on any atom is 0.265 e.